The standard InChI is InChI=1S/C8H12.C7H8N4S.C2H6/c1-4-5-6-7-8(2)3;1-5-2-3-6(12-5)4-7-8-10-11-9-7;1-2/h4-7H,1H2,2-3H3;2-3H,4H2,1H3,(H,8,9,10,11);1-2H3/b6-5-;;. The number of H-pyrrole nitrogens is 1. The van der Waals surface area contributed by atoms with Crippen LogP contribution in [0.1, 0.15) is 43.3 Å². The van der Waals surface area contributed by atoms with E-state index in [-0.39, 0.29) is 0 Å². The molecule has 2 heterocycles. The van der Waals surface area contributed by atoms with Gasteiger partial charge in [-0.15, -0.1) is 21.5 Å². The molecule has 0 aliphatic carbocycles. The van der Waals surface area contributed by atoms with E-state index < -0.39 is 0 Å². The Hall–Kier alpha value is -2.01. The first-order valence-electron chi connectivity index (χ1n) is 7.32. The number of nitrogens with one attached hydrogen (secondary N) is 1. The second kappa shape index (κ2) is 12.7. The van der Waals surface area contributed by atoms with Crippen LogP contribution in [-0.2, 0) is 6.42 Å². The molecule has 2 rings (SSSR count). The summed E-state index contributed by atoms with van der Waals surface area (Å²) in [5.41, 5.74) is 1.31. The van der Waals surface area contributed by atoms with Crippen molar-refractivity contribution in [3.63, 3.8) is 0 Å². The van der Waals surface area contributed by atoms with Crippen LogP contribution in [0.3, 0.4) is 0 Å². The van der Waals surface area contributed by atoms with E-state index >= 15 is 0 Å². The number of allylic oxidation sites excluding steroid dienone is 5. The van der Waals surface area contributed by atoms with Gasteiger partial charge < -0.3 is 0 Å². The molecule has 0 spiro atoms. The van der Waals surface area contributed by atoms with Crippen molar-refractivity contribution in [2.75, 3.05) is 0 Å². The highest BCUT2D eigenvalue weighted by molar-refractivity contribution is 7.11. The monoisotopic (exact) mass is 318 g/mol. The number of thiophene rings is 1. The Bertz CT molecular complexity index is 561. The van der Waals surface area contributed by atoms with Crippen molar-refractivity contribution in [3.8, 4) is 0 Å². The Balaban J connectivity index is 0.000000388. The quantitative estimate of drug-likeness (QED) is 0.817. The third-order valence-electron chi connectivity index (χ3n) is 2.19. The molecule has 120 valence electrons. The van der Waals surface area contributed by atoms with E-state index in [1.807, 2.05) is 32.1 Å². The van der Waals surface area contributed by atoms with Gasteiger partial charge in [0.2, 0.25) is 0 Å². The van der Waals surface area contributed by atoms with E-state index in [0.29, 0.717) is 0 Å². The van der Waals surface area contributed by atoms with E-state index in [9.17, 15) is 0 Å². The molecule has 2 aromatic heterocycles. The van der Waals surface area contributed by atoms with Gasteiger partial charge in [0.25, 0.3) is 0 Å². The summed E-state index contributed by atoms with van der Waals surface area (Å²) in [6, 6.07) is 4.19. The average Bonchev–Trinajstić information content (AvgIpc) is 3.14. The van der Waals surface area contributed by atoms with Gasteiger partial charge in [0.05, 0.1) is 0 Å². The Kier molecular flexibility index (Phi) is 11.5. The fraction of sp³-hybridized carbons (Fsp3) is 0.353. The zero-order valence-corrected chi connectivity index (χ0v) is 14.9. The van der Waals surface area contributed by atoms with E-state index in [4.69, 9.17) is 0 Å². The van der Waals surface area contributed by atoms with Crippen LogP contribution < -0.4 is 0 Å². The molecular formula is C17H26N4S. The van der Waals surface area contributed by atoms with Gasteiger partial charge in [0.1, 0.15) is 0 Å². The van der Waals surface area contributed by atoms with Gasteiger partial charge in [-0.05, 0) is 32.9 Å². The maximum atomic E-state index is 3.88. The van der Waals surface area contributed by atoms with E-state index in [1.165, 1.54) is 15.3 Å². The minimum atomic E-state index is 0.747. The zero-order chi connectivity index (χ0) is 16.8. The predicted octanol–water partition coefficient (Wildman–Crippen LogP) is 4.88. The second-order valence-corrected chi connectivity index (χ2v) is 5.75. The molecule has 22 heavy (non-hydrogen) atoms. The fourth-order valence-electron chi connectivity index (χ4n) is 1.32. The van der Waals surface area contributed by atoms with Crippen molar-refractivity contribution in [2.45, 2.75) is 41.0 Å². The van der Waals surface area contributed by atoms with Gasteiger partial charge >= 0.3 is 0 Å². The second-order valence-electron chi connectivity index (χ2n) is 4.38. The van der Waals surface area contributed by atoms with Crippen LogP contribution in [-0.4, -0.2) is 20.6 Å². The van der Waals surface area contributed by atoms with E-state index in [0.717, 1.165) is 12.2 Å². The molecule has 0 atom stereocenters. The summed E-state index contributed by atoms with van der Waals surface area (Å²) in [7, 11) is 0. The molecule has 0 saturated heterocycles. The summed E-state index contributed by atoms with van der Waals surface area (Å²) in [6.07, 6.45) is 8.46. The topological polar surface area (TPSA) is 54.5 Å². The number of aromatic nitrogens is 4. The number of hydrogen-bond donors (Lipinski definition) is 1. The third kappa shape index (κ3) is 9.83. The summed E-state index contributed by atoms with van der Waals surface area (Å²) in [4.78, 5) is 2.59. The molecule has 4 nitrogen and oxygen atoms in total. The minimum Gasteiger partial charge on any atom is -0.177 e. The molecule has 1 N–H and O–H groups in total. The number of tetrazole rings is 1. The number of hydrogen-bond acceptors (Lipinski definition) is 4. The molecule has 2 aromatic rings. The lowest BCUT2D eigenvalue weighted by molar-refractivity contribution is 0.881. The Labute approximate surface area is 137 Å². The number of rotatable bonds is 4. The molecule has 0 bridgehead atoms. The summed E-state index contributed by atoms with van der Waals surface area (Å²) in [5.74, 6) is 0.747. The molecular weight excluding hydrogens is 292 g/mol. The van der Waals surface area contributed by atoms with Crippen LogP contribution in [0, 0.1) is 6.92 Å². The highest BCUT2D eigenvalue weighted by atomic mass is 32.1. The lowest BCUT2D eigenvalue weighted by Crippen LogP contribution is -1.86. The SMILES string of the molecule is C=C/C=C\C=C(C)C.CC.Cc1ccc(Cc2nn[nH]n2)s1. The summed E-state index contributed by atoms with van der Waals surface area (Å²) in [6.45, 7) is 13.8. The maximum absolute atomic E-state index is 3.88. The zero-order valence-electron chi connectivity index (χ0n) is 14.1. The van der Waals surface area contributed by atoms with Crippen molar-refractivity contribution in [2.24, 2.45) is 0 Å². The molecule has 0 amide bonds. The fourth-order valence-corrected chi connectivity index (χ4v) is 2.21. The Morgan fingerprint density at radius 3 is 2.45 bits per heavy atom. The van der Waals surface area contributed by atoms with Crippen molar-refractivity contribution in [1.82, 2.24) is 20.6 Å². The number of nitrogens with zero attached hydrogens (tertiary/aromatic N) is 3. The minimum absolute atomic E-state index is 0.747. The van der Waals surface area contributed by atoms with Gasteiger partial charge in [-0.2, -0.15) is 5.21 Å². The van der Waals surface area contributed by atoms with Gasteiger partial charge in [-0.25, -0.2) is 0 Å². The molecule has 5 heteroatoms. The molecule has 0 aliphatic heterocycles. The summed E-state index contributed by atoms with van der Waals surface area (Å²) >= 11 is 1.76. The molecule has 0 saturated carbocycles. The van der Waals surface area contributed by atoms with E-state index in [2.05, 4.69) is 60.1 Å². The Morgan fingerprint density at radius 2 is 2.00 bits per heavy atom. The molecule has 0 aromatic carbocycles. The average molecular weight is 318 g/mol. The molecule has 0 radical (unpaired) electrons. The van der Waals surface area contributed by atoms with Crippen LogP contribution in [0.5, 0.6) is 0 Å². The lowest BCUT2D eigenvalue weighted by atomic mass is 10.3. The largest absolute Gasteiger partial charge is 0.179 e. The van der Waals surface area contributed by atoms with Crippen LogP contribution in [0.2, 0.25) is 0 Å². The van der Waals surface area contributed by atoms with Crippen molar-refractivity contribution in [1.29, 1.82) is 0 Å². The first kappa shape index (κ1) is 20.0. The van der Waals surface area contributed by atoms with Crippen LogP contribution >= 0.6 is 11.3 Å². The van der Waals surface area contributed by atoms with Crippen LogP contribution in [0.4, 0.5) is 0 Å². The Morgan fingerprint density at radius 1 is 1.27 bits per heavy atom. The van der Waals surface area contributed by atoms with Gasteiger partial charge in [-0.3, -0.25) is 0 Å². The highest BCUT2D eigenvalue weighted by Gasteiger charge is 2.01. The maximum Gasteiger partial charge on any atom is 0.179 e. The third-order valence-corrected chi connectivity index (χ3v) is 3.19. The summed E-state index contributed by atoms with van der Waals surface area (Å²) < 4.78 is 0. The van der Waals surface area contributed by atoms with Gasteiger partial charge in [0.15, 0.2) is 5.82 Å². The number of aryl methyl sites for hydroxylation is 1. The molecule has 0 unspecified atom stereocenters. The van der Waals surface area contributed by atoms with E-state index in [1.54, 1.807) is 17.4 Å². The highest BCUT2D eigenvalue weighted by Crippen LogP contribution is 2.16. The van der Waals surface area contributed by atoms with Crippen LogP contribution in [0.25, 0.3) is 0 Å². The van der Waals surface area contributed by atoms with Gasteiger partial charge in [0, 0.05) is 16.2 Å². The molecule has 0 fully saturated rings. The van der Waals surface area contributed by atoms with Gasteiger partial charge in [-0.1, -0.05) is 55.5 Å². The smallest absolute Gasteiger partial charge is 0.177 e. The predicted molar refractivity (Wildman–Crippen MR) is 96.2 cm³/mol. The molecule has 0 aliphatic rings. The van der Waals surface area contributed by atoms with Crippen LogP contribution in [0.15, 0.2) is 48.6 Å². The van der Waals surface area contributed by atoms with Crippen molar-refractivity contribution < 1.29 is 0 Å². The van der Waals surface area contributed by atoms with Crippen molar-refractivity contribution >= 4 is 11.3 Å². The summed E-state index contributed by atoms with van der Waals surface area (Å²) in [5, 5.41) is 13.7. The first-order valence-corrected chi connectivity index (χ1v) is 8.13. The van der Waals surface area contributed by atoms with Crippen molar-refractivity contribution in [3.05, 3.63) is 64.2 Å². The first-order chi connectivity index (χ1) is 10.6. The normalized spacial score (nSPS) is 9.32. The number of aromatic amines is 1. The lowest BCUT2D eigenvalue weighted by Gasteiger charge is -1.86.